The lowest BCUT2D eigenvalue weighted by Gasteiger charge is -2.08. The molecule has 3 aromatic rings. The number of rotatable bonds is 16. The minimum atomic E-state index is -0.249. The Labute approximate surface area is 208 Å². The smallest absolute Gasteiger partial charge is 0.311 e. The van der Waals surface area contributed by atoms with Gasteiger partial charge in [0.15, 0.2) is 0 Å². The van der Waals surface area contributed by atoms with Crippen molar-refractivity contribution in [2.75, 3.05) is 0 Å². The molecule has 2 aromatic heterocycles. The minimum absolute atomic E-state index is 0.249. The van der Waals surface area contributed by atoms with Gasteiger partial charge in [0.1, 0.15) is 11.3 Å². The molecule has 0 fully saturated rings. The number of unbranched alkanes of at least 4 members (excludes halogenated alkanes) is 12. The van der Waals surface area contributed by atoms with Crippen molar-refractivity contribution in [3.63, 3.8) is 0 Å². The fraction of sp³-hybridized carbons (Fsp3) is 0.536. The number of pyridine rings is 1. The molecule has 184 valence electrons. The van der Waals surface area contributed by atoms with Crippen LogP contribution in [0.25, 0.3) is 22.7 Å². The number of nitrogens with zero attached hydrogens (tertiary/aromatic N) is 2. The van der Waals surface area contributed by atoms with Crippen molar-refractivity contribution in [1.29, 1.82) is 0 Å². The highest BCUT2D eigenvalue weighted by molar-refractivity contribution is 6.31. The van der Waals surface area contributed by atoms with Crippen molar-refractivity contribution in [3.05, 3.63) is 41.6 Å². The lowest BCUT2D eigenvalue weighted by Crippen LogP contribution is -2.08. The van der Waals surface area contributed by atoms with Crippen LogP contribution in [0.3, 0.4) is 0 Å². The van der Waals surface area contributed by atoms with Gasteiger partial charge in [-0.1, -0.05) is 95.6 Å². The van der Waals surface area contributed by atoms with Crippen LogP contribution in [0, 0.1) is 0 Å². The highest BCUT2D eigenvalue weighted by atomic mass is 35.5. The summed E-state index contributed by atoms with van der Waals surface area (Å²) in [6.07, 6.45) is 18.6. The zero-order valence-corrected chi connectivity index (χ0v) is 21.1. The van der Waals surface area contributed by atoms with E-state index in [2.05, 4.69) is 16.9 Å². The molecule has 0 saturated heterocycles. The Kier molecular flexibility index (Phi) is 11.4. The highest BCUT2D eigenvalue weighted by Gasteiger charge is 2.17. The zero-order chi connectivity index (χ0) is 24.0. The van der Waals surface area contributed by atoms with Crippen LogP contribution in [0.5, 0.6) is 5.75 Å². The number of halogens is 1. The fourth-order valence-electron chi connectivity index (χ4n) is 4.10. The van der Waals surface area contributed by atoms with Gasteiger partial charge in [0.25, 0.3) is 0 Å². The lowest BCUT2D eigenvalue weighted by molar-refractivity contribution is -0.134. The van der Waals surface area contributed by atoms with Crippen LogP contribution in [0.2, 0.25) is 5.02 Å². The van der Waals surface area contributed by atoms with Gasteiger partial charge in [0, 0.05) is 17.6 Å². The Morgan fingerprint density at radius 2 is 1.56 bits per heavy atom. The van der Waals surface area contributed by atoms with E-state index < -0.39 is 0 Å². The maximum atomic E-state index is 12.4. The first-order valence-electron chi connectivity index (χ1n) is 12.9. The molecule has 0 aliphatic heterocycles. The number of hydrogen-bond acceptors (Lipinski definition) is 5. The van der Waals surface area contributed by atoms with E-state index in [-0.39, 0.29) is 5.97 Å². The van der Waals surface area contributed by atoms with Crippen molar-refractivity contribution in [1.82, 2.24) is 9.97 Å². The Bertz CT molecular complexity index is 985. The standard InChI is InChI=1S/C28H37ClN2O3/c1-2-3-4-5-6-7-8-9-10-11-12-13-14-17-26(32)33-25-19-18-22(29)21-23(25)27-31-24-16-15-20-30-28(24)34-27/h15-16,18-21H,2-14,17H2,1H3. The van der Waals surface area contributed by atoms with Crippen LogP contribution in [-0.4, -0.2) is 15.9 Å². The molecule has 34 heavy (non-hydrogen) atoms. The number of esters is 1. The normalized spacial score (nSPS) is 11.2. The van der Waals surface area contributed by atoms with Crippen LogP contribution in [0.4, 0.5) is 0 Å². The molecule has 1 aromatic carbocycles. The second-order valence-corrected chi connectivity index (χ2v) is 9.39. The van der Waals surface area contributed by atoms with Gasteiger partial charge >= 0.3 is 5.97 Å². The van der Waals surface area contributed by atoms with Crippen LogP contribution < -0.4 is 4.74 Å². The maximum Gasteiger partial charge on any atom is 0.311 e. The summed E-state index contributed by atoms with van der Waals surface area (Å²) in [4.78, 5) is 21.1. The number of benzene rings is 1. The summed E-state index contributed by atoms with van der Waals surface area (Å²) in [6.45, 7) is 2.26. The first-order valence-corrected chi connectivity index (χ1v) is 13.3. The van der Waals surface area contributed by atoms with Gasteiger partial charge in [-0.05, 0) is 36.8 Å². The molecule has 0 N–H and O–H groups in total. The van der Waals surface area contributed by atoms with Gasteiger partial charge in [0.2, 0.25) is 11.6 Å². The summed E-state index contributed by atoms with van der Waals surface area (Å²) in [5.41, 5.74) is 1.62. The number of carbonyl (C=O) groups excluding carboxylic acids is 1. The van der Waals surface area contributed by atoms with E-state index in [4.69, 9.17) is 20.8 Å². The van der Waals surface area contributed by atoms with Crippen LogP contribution in [-0.2, 0) is 4.79 Å². The number of ether oxygens (including phenoxy) is 1. The molecule has 0 aliphatic carbocycles. The molecular weight excluding hydrogens is 448 g/mol. The Hall–Kier alpha value is -2.40. The lowest BCUT2D eigenvalue weighted by atomic mass is 10.0. The van der Waals surface area contributed by atoms with Gasteiger partial charge in [-0.25, -0.2) is 9.97 Å². The second-order valence-electron chi connectivity index (χ2n) is 8.95. The van der Waals surface area contributed by atoms with E-state index in [9.17, 15) is 4.79 Å². The van der Waals surface area contributed by atoms with Crippen molar-refractivity contribution in [2.24, 2.45) is 0 Å². The maximum absolute atomic E-state index is 12.4. The molecule has 0 amide bonds. The molecule has 0 saturated carbocycles. The largest absolute Gasteiger partial charge is 0.426 e. The van der Waals surface area contributed by atoms with Gasteiger partial charge < -0.3 is 9.15 Å². The summed E-state index contributed by atoms with van der Waals surface area (Å²) < 4.78 is 11.4. The van der Waals surface area contributed by atoms with E-state index in [0.717, 1.165) is 12.8 Å². The zero-order valence-electron chi connectivity index (χ0n) is 20.4. The second kappa shape index (κ2) is 14.8. The summed E-state index contributed by atoms with van der Waals surface area (Å²) in [5, 5.41) is 0.515. The Morgan fingerprint density at radius 3 is 2.21 bits per heavy atom. The quantitative estimate of drug-likeness (QED) is 0.115. The third kappa shape index (κ3) is 8.75. The summed E-state index contributed by atoms with van der Waals surface area (Å²) in [7, 11) is 0. The Morgan fingerprint density at radius 1 is 0.912 bits per heavy atom. The minimum Gasteiger partial charge on any atom is -0.426 e. The molecule has 0 spiro atoms. The van der Waals surface area contributed by atoms with E-state index in [0.29, 0.717) is 39.9 Å². The first kappa shape index (κ1) is 26.2. The molecule has 0 radical (unpaired) electrons. The summed E-state index contributed by atoms with van der Waals surface area (Å²) >= 11 is 6.17. The van der Waals surface area contributed by atoms with Gasteiger partial charge in [-0.15, -0.1) is 0 Å². The molecule has 0 unspecified atom stereocenters. The van der Waals surface area contributed by atoms with Gasteiger partial charge in [-0.3, -0.25) is 4.79 Å². The van der Waals surface area contributed by atoms with E-state index >= 15 is 0 Å². The predicted molar refractivity (Wildman–Crippen MR) is 138 cm³/mol. The molecule has 6 heteroatoms. The number of fused-ring (bicyclic) bond motifs is 1. The van der Waals surface area contributed by atoms with E-state index in [1.807, 2.05) is 6.07 Å². The monoisotopic (exact) mass is 484 g/mol. The van der Waals surface area contributed by atoms with Crippen LogP contribution in [0.15, 0.2) is 40.9 Å². The van der Waals surface area contributed by atoms with Gasteiger partial charge in [0.05, 0.1) is 5.56 Å². The molecule has 5 nitrogen and oxygen atoms in total. The van der Waals surface area contributed by atoms with Crippen molar-refractivity contribution in [2.45, 2.75) is 96.8 Å². The SMILES string of the molecule is CCCCCCCCCCCCCCCC(=O)Oc1ccc(Cl)cc1-c1nc2cccnc2o1. The molecule has 2 heterocycles. The average Bonchev–Trinajstić information content (AvgIpc) is 3.27. The fourth-order valence-corrected chi connectivity index (χ4v) is 4.28. The first-order chi connectivity index (χ1) is 16.7. The van der Waals surface area contributed by atoms with Crippen molar-refractivity contribution in [3.8, 4) is 17.2 Å². The molecule has 0 bridgehead atoms. The van der Waals surface area contributed by atoms with Crippen LogP contribution >= 0.6 is 11.6 Å². The molecule has 3 rings (SSSR count). The third-order valence-electron chi connectivity index (χ3n) is 6.05. The number of aromatic nitrogens is 2. The molecule has 0 atom stereocenters. The van der Waals surface area contributed by atoms with Crippen molar-refractivity contribution < 1.29 is 13.9 Å². The van der Waals surface area contributed by atoms with Crippen LogP contribution in [0.1, 0.15) is 96.8 Å². The highest BCUT2D eigenvalue weighted by Crippen LogP contribution is 2.34. The predicted octanol–water partition coefficient (Wildman–Crippen LogP) is 8.93. The van der Waals surface area contributed by atoms with E-state index in [1.54, 1.807) is 30.5 Å². The van der Waals surface area contributed by atoms with Crippen molar-refractivity contribution >= 4 is 28.8 Å². The number of hydrogen-bond donors (Lipinski definition) is 0. The Balaban J connectivity index is 1.34. The van der Waals surface area contributed by atoms with Gasteiger partial charge in [-0.2, -0.15) is 0 Å². The average molecular weight is 485 g/mol. The summed E-state index contributed by atoms with van der Waals surface area (Å²) in [6, 6.07) is 8.69. The topological polar surface area (TPSA) is 65.2 Å². The molecule has 0 aliphatic rings. The number of oxazole rings is 1. The number of carbonyl (C=O) groups is 1. The molecular formula is C28H37ClN2O3. The third-order valence-corrected chi connectivity index (χ3v) is 6.28. The van der Waals surface area contributed by atoms with E-state index in [1.165, 1.54) is 70.6 Å². The summed E-state index contributed by atoms with van der Waals surface area (Å²) in [5.74, 6) is 0.483.